The normalized spacial score (nSPS) is 17.5. The van der Waals surface area contributed by atoms with Gasteiger partial charge in [0.15, 0.2) is 5.83 Å². The number of ether oxygens (including phenoxy) is 1. The fraction of sp³-hybridized carbons (Fsp3) is 0.559. The second kappa shape index (κ2) is 18.3. The van der Waals surface area contributed by atoms with E-state index in [4.69, 9.17) is 20.6 Å². The van der Waals surface area contributed by atoms with Crippen molar-refractivity contribution in [1.29, 1.82) is 5.26 Å². The first-order chi connectivity index (χ1) is 21.6. The van der Waals surface area contributed by atoms with Crippen LogP contribution < -0.4 is 21.3 Å². The number of aliphatic hydroxyl groups excluding tert-OH is 1. The minimum atomic E-state index is -0.430. The van der Waals surface area contributed by atoms with Gasteiger partial charge in [-0.2, -0.15) is 5.26 Å². The molecule has 3 aliphatic rings. The molecule has 45 heavy (non-hydrogen) atoms. The number of benzene rings is 1. The summed E-state index contributed by atoms with van der Waals surface area (Å²) in [6.07, 6.45) is 6.85. The molecule has 0 saturated carbocycles. The van der Waals surface area contributed by atoms with Crippen molar-refractivity contribution < 1.29 is 14.2 Å². The highest BCUT2D eigenvalue weighted by Crippen LogP contribution is 2.46. The Bertz CT molecular complexity index is 1480. The molecule has 2 aromatic heterocycles. The van der Waals surface area contributed by atoms with Gasteiger partial charge in [0.2, 0.25) is 5.95 Å². The Morgan fingerprint density at radius 3 is 2.38 bits per heavy atom. The molecule has 5 heterocycles. The molecule has 0 amide bonds. The standard InChI is InChI=1S/C23H22FN6OPS.C4H10.C3H8O.2C2H6/c1-10-2-3-30(7-10)23-28-5-12-13-8-31-9-14(13)16(20(32)18(12)29-23)19-17-11(4-25)22(26)33-21(17)15(24)6-27-19;1-3-4-2;1-3(2)4;2*1-2/h5-6,10,19,27H,2-3,7-9,26,32H2,1H3;3-4H2,1-2H3;3-4H,1-2H3;2*1-2H3. The van der Waals surface area contributed by atoms with E-state index in [0.717, 1.165) is 69.7 Å². The van der Waals surface area contributed by atoms with Crippen LogP contribution in [0, 0.1) is 17.2 Å². The van der Waals surface area contributed by atoms with Crippen LogP contribution in [0.1, 0.15) is 120 Å². The van der Waals surface area contributed by atoms with Crippen molar-refractivity contribution in [3.63, 3.8) is 0 Å². The summed E-state index contributed by atoms with van der Waals surface area (Å²) in [4.78, 5) is 12.3. The molecule has 3 atom stereocenters. The molecule has 6 rings (SSSR count). The molecule has 1 saturated heterocycles. The molecule has 1 fully saturated rings. The predicted octanol–water partition coefficient (Wildman–Crippen LogP) is 7.73. The summed E-state index contributed by atoms with van der Waals surface area (Å²) in [6.45, 7) is 20.8. The third-order valence-corrected chi connectivity index (χ3v) is 8.92. The number of hydrogen-bond donors (Lipinski definition) is 3. The monoisotopic (exact) mass is 658 g/mol. The molecule has 4 N–H and O–H groups in total. The number of anilines is 2. The second-order valence-corrected chi connectivity index (χ2v) is 12.6. The van der Waals surface area contributed by atoms with Crippen molar-refractivity contribution in [3.05, 3.63) is 45.1 Å². The fourth-order valence-corrected chi connectivity index (χ4v) is 6.69. The summed E-state index contributed by atoms with van der Waals surface area (Å²) in [5.74, 6) is 0.927. The van der Waals surface area contributed by atoms with E-state index in [1.54, 1.807) is 13.8 Å². The molecular weight excluding hydrogens is 606 g/mol. The van der Waals surface area contributed by atoms with Gasteiger partial charge >= 0.3 is 0 Å². The van der Waals surface area contributed by atoms with E-state index in [1.165, 1.54) is 19.0 Å². The third-order valence-electron chi connectivity index (χ3n) is 7.29. The molecule has 1 aromatic carbocycles. The van der Waals surface area contributed by atoms with E-state index < -0.39 is 11.9 Å². The lowest BCUT2D eigenvalue weighted by molar-refractivity contribution is 0.134. The smallest absolute Gasteiger partial charge is 0.225 e. The number of hydrogen-bond acceptors (Lipinski definition) is 9. The predicted molar refractivity (Wildman–Crippen MR) is 192 cm³/mol. The number of halogens is 1. The van der Waals surface area contributed by atoms with E-state index in [9.17, 15) is 9.65 Å². The Morgan fingerprint density at radius 2 is 1.82 bits per heavy atom. The highest BCUT2D eigenvalue weighted by atomic mass is 32.1. The molecule has 8 nitrogen and oxygen atoms in total. The van der Waals surface area contributed by atoms with E-state index in [-0.39, 0.29) is 6.10 Å². The minimum absolute atomic E-state index is 0.167. The second-order valence-electron chi connectivity index (χ2n) is 10.9. The van der Waals surface area contributed by atoms with Gasteiger partial charge in [0.25, 0.3) is 0 Å². The molecule has 0 aliphatic carbocycles. The summed E-state index contributed by atoms with van der Waals surface area (Å²) in [5, 5.41) is 23.2. The zero-order chi connectivity index (χ0) is 33.8. The van der Waals surface area contributed by atoms with Crippen LogP contribution in [0.3, 0.4) is 0 Å². The average molecular weight is 659 g/mol. The Balaban J connectivity index is 0.000000515. The van der Waals surface area contributed by atoms with Crippen molar-refractivity contribution in [3.8, 4) is 6.07 Å². The number of aliphatic hydroxyl groups is 1. The van der Waals surface area contributed by atoms with Gasteiger partial charge in [-0.15, -0.1) is 20.6 Å². The molecule has 0 spiro atoms. The van der Waals surface area contributed by atoms with E-state index >= 15 is 0 Å². The van der Waals surface area contributed by atoms with E-state index in [1.807, 2.05) is 33.9 Å². The van der Waals surface area contributed by atoms with Gasteiger partial charge < -0.3 is 25.8 Å². The van der Waals surface area contributed by atoms with Crippen LogP contribution in [0.2, 0.25) is 0 Å². The van der Waals surface area contributed by atoms with Gasteiger partial charge in [-0.1, -0.05) is 61.3 Å². The van der Waals surface area contributed by atoms with Crippen molar-refractivity contribution in [2.45, 2.75) is 107 Å². The Morgan fingerprint density at radius 1 is 1.20 bits per heavy atom. The average Bonchev–Trinajstić information content (AvgIpc) is 3.79. The van der Waals surface area contributed by atoms with Crippen LogP contribution in [0.25, 0.3) is 16.7 Å². The number of nitrogens with zero attached hydrogens (tertiary/aromatic N) is 4. The SMILES string of the molecule is CC.CC.CC(C)O.CC1CCN(c2ncc3c4c(c(C5NC=C(F)c6sc(N)c(C#N)c65)c(P)c3n2)COC4)C1.CCCC. The van der Waals surface area contributed by atoms with Gasteiger partial charge in [0, 0.05) is 47.8 Å². The zero-order valence-corrected chi connectivity index (χ0v) is 30.4. The molecule has 11 heteroatoms. The molecule has 248 valence electrons. The first-order valence-corrected chi connectivity index (χ1v) is 17.6. The lowest BCUT2D eigenvalue weighted by Gasteiger charge is -2.27. The number of aromatic nitrogens is 2. The maximum atomic E-state index is 14.7. The maximum absolute atomic E-state index is 14.7. The van der Waals surface area contributed by atoms with Gasteiger partial charge in [0.05, 0.1) is 35.2 Å². The summed E-state index contributed by atoms with van der Waals surface area (Å²) in [7, 11) is 2.83. The number of thiophene rings is 1. The van der Waals surface area contributed by atoms with Crippen molar-refractivity contribution in [2.75, 3.05) is 23.7 Å². The minimum Gasteiger partial charge on any atom is -0.394 e. The molecular formula is C34H52FN6O2PS. The first kappa shape index (κ1) is 38.4. The molecule has 3 unspecified atom stereocenters. The lowest BCUT2D eigenvalue weighted by atomic mass is 9.88. The van der Waals surface area contributed by atoms with Crippen LogP contribution in [0.15, 0.2) is 12.4 Å². The molecule has 3 aromatic rings. The number of rotatable bonds is 3. The van der Waals surface area contributed by atoms with E-state index in [0.29, 0.717) is 40.1 Å². The van der Waals surface area contributed by atoms with Gasteiger partial charge in [-0.25, -0.2) is 14.4 Å². The number of nitrogens with two attached hydrogens (primary N) is 1. The van der Waals surface area contributed by atoms with Crippen LogP contribution in [0.5, 0.6) is 0 Å². The van der Waals surface area contributed by atoms with Crippen LogP contribution in [-0.2, 0) is 18.0 Å². The number of unbranched alkanes of at least 4 members (excludes halogenated alkanes) is 1. The fourth-order valence-electron chi connectivity index (χ4n) is 5.16. The van der Waals surface area contributed by atoms with Crippen LogP contribution in [0.4, 0.5) is 15.3 Å². The van der Waals surface area contributed by atoms with Crippen LogP contribution >= 0.6 is 20.6 Å². The number of nitriles is 1. The van der Waals surface area contributed by atoms with Crippen molar-refractivity contribution in [2.24, 2.45) is 5.92 Å². The summed E-state index contributed by atoms with van der Waals surface area (Å²) < 4.78 is 20.5. The Labute approximate surface area is 275 Å². The highest BCUT2D eigenvalue weighted by molar-refractivity contribution is 7.28. The summed E-state index contributed by atoms with van der Waals surface area (Å²) in [5.41, 5.74) is 10.9. The van der Waals surface area contributed by atoms with Gasteiger partial charge in [-0.3, -0.25) is 0 Å². The van der Waals surface area contributed by atoms with Gasteiger partial charge in [0.1, 0.15) is 11.1 Å². The molecule has 0 bridgehead atoms. The summed E-state index contributed by atoms with van der Waals surface area (Å²) >= 11 is 1.11. The number of nitrogen functional groups attached to an aromatic ring is 1. The molecule has 0 radical (unpaired) electrons. The third kappa shape index (κ3) is 8.71. The zero-order valence-electron chi connectivity index (χ0n) is 28.4. The largest absolute Gasteiger partial charge is 0.394 e. The summed E-state index contributed by atoms with van der Waals surface area (Å²) in [6, 6.07) is 1.75. The van der Waals surface area contributed by atoms with E-state index in [2.05, 4.69) is 51.3 Å². The first-order valence-electron chi connectivity index (χ1n) is 16.2. The topological polar surface area (TPSA) is 120 Å². The van der Waals surface area contributed by atoms with Crippen LogP contribution in [-0.4, -0.2) is 34.3 Å². The number of nitrogens with one attached hydrogen (secondary N) is 1. The quantitative estimate of drug-likeness (QED) is 0.245. The van der Waals surface area contributed by atoms with Crippen molar-refractivity contribution >= 4 is 53.6 Å². The Kier molecular flexibility index (Phi) is 15.6. The number of fused-ring (bicyclic) bond motifs is 4. The highest BCUT2D eigenvalue weighted by Gasteiger charge is 2.35. The van der Waals surface area contributed by atoms with Crippen molar-refractivity contribution in [1.82, 2.24) is 15.3 Å². The van der Waals surface area contributed by atoms with Gasteiger partial charge in [-0.05, 0) is 42.9 Å². The lowest BCUT2D eigenvalue weighted by Crippen LogP contribution is -2.28. The Hall–Kier alpha value is -2.83. The maximum Gasteiger partial charge on any atom is 0.225 e. The molecule has 3 aliphatic heterocycles.